The van der Waals surface area contributed by atoms with E-state index in [1.807, 2.05) is 36.6 Å². The van der Waals surface area contributed by atoms with Crippen LogP contribution in [0.1, 0.15) is 71.6 Å². The lowest BCUT2D eigenvalue weighted by molar-refractivity contribution is 0.0990. The minimum absolute atomic E-state index is 0.105. The summed E-state index contributed by atoms with van der Waals surface area (Å²) in [6.07, 6.45) is 2.93. The fourth-order valence-electron chi connectivity index (χ4n) is 4.75. The molecule has 1 amide bonds. The average Bonchev–Trinajstić information content (AvgIpc) is 3.42. The fourth-order valence-corrected chi connectivity index (χ4v) is 6.02. The van der Waals surface area contributed by atoms with Crippen LogP contribution in [0.4, 0.5) is 5.88 Å². The van der Waals surface area contributed by atoms with Gasteiger partial charge in [0.05, 0.1) is 16.3 Å². The zero-order chi connectivity index (χ0) is 28.3. The van der Waals surface area contributed by atoms with Gasteiger partial charge in [-0.15, -0.1) is 0 Å². The summed E-state index contributed by atoms with van der Waals surface area (Å²) in [4.78, 5) is 17.2. The Morgan fingerprint density at radius 1 is 1.05 bits per heavy atom. The predicted octanol–water partition coefficient (Wildman–Crippen LogP) is 5.18. The Kier molecular flexibility index (Phi) is 8.25. The quantitative estimate of drug-likeness (QED) is 0.265. The molecule has 0 saturated heterocycles. The highest BCUT2D eigenvalue weighted by Crippen LogP contribution is 2.33. The van der Waals surface area contributed by atoms with Crippen LogP contribution in [-0.2, 0) is 35.8 Å². The highest BCUT2D eigenvalue weighted by molar-refractivity contribution is 7.92. The number of hydrogen-bond donors (Lipinski definition) is 2. The zero-order valence-corrected chi connectivity index (χ0v) is 23.9. The van der Waals surface area contributed by atoms with E-state index in [2.05, 4.69) is 22.9 Å². The van der Waals surface area contributed by atoms with Crippen LogP contribution < -0.4 is 10.5 Å². The van der Waals surface area contributed by atoms with E-state index in [9.17, 15) is 13.2 Å². The number of hydrogen-bond acceptors (Lipinski definition) is 6. The number of nitrogens with zero attached hydrogens (tertiary/aromatic N) is 3. The van der Waals surface area contributed by atoms with Gasteiger partial charge in [-0.25, -0.2) is 18.1 Å². The molecule has 0 bridgehead atoms. The molecule has 2 aromatic carbocycles. The number of aryl methyl sites for hydroxylation is 4. The topological polar surface area (TPSA) is 133 Å². The molecule has 0 radical (unpaired) electrons. The Bertz CT molecular complexity index is 1620. The minimum atomic E-state index is -3.96. The lowest BCUT2D eigenvalue weighted by atomic mass is 9.96. The second kappa shape index (κ2) is 11.4. The Balaban J connectivity index is 1.75. The van der Waals surface area contributed by atoms with Crippen LogP contribution in [0, 0.1) is 13.8 Å². The highest BCUT2D eigenvalue weighted by atomic mass is 32.2. The molecule has 2 aromatic heterocycles. The number of carbonyl (C=O) groups excluding carboxylic acids is 1. The van der Waals surface area contributed by atoms with Crippen molar-refractivity contribution in [3.05, 3.63) is 82.1 Å². The molecule has 3 N–H and O–H groups in total. The molecule has 206 valence electrons. The van der Waals surface area contributed by atoms with Crippen molar-refractivity contribution in [2.75, 3.05) is 4.72 Å². The molecule has 10 heteroatoms. The Morgan fingerprint density at radius 2 is 1.79 bits per heavy atom. The van der Waals surface area contributed by atoms with Crippen molar-refractivity contribution < 1.29 is 17.7 Å². The van der Waals surface area contributed by atoms with Crippen molar-refractivity contribution in [2.24, 2.45) is 5.73 Å². The van der Waals surface area contributed by atoms with Gasteiger partial charge < -0.3 is 14.8 Å². The van der Waals surface area contributed by atoms with Gasteiger partial charge >= 0.3 is 0 Å². The fraction of sp³-hybridized carbons (Fsp3) is 0.345. The molecule has 0 unspecified atom stereocenters. The number of imidazole rings is 1. The number of primary amides is 1. The van der Waals surface area contributed by atoms with Crippen LogP contribution in [0.3, 0.4) is 0 Å². The van der Waals surface area contributed by atoms with E-state index in [0.717, 1.165) is 35.4 Å². The first-order chi connectivity index (χ1) is 18.6. The van der Waals surface area contributed by atoms with Gasteiger partial charge in [-0.1, -0.05) is 62.3 Å². The van der Waals surface area contributed by atoms with E-state index < -0.39 is 15.9 Å². The molecule has 0 spiro atoms. The maximum absolute atomic E-state index is 13.4. The monoisotopic (exact) mass is 549 g/mol. The standard InChI is InChI=1S/C29H35N5O4S/c1-6-11-26-31-24(8-3)27(28(30)35)34(26)17-20-14-15-22(21(7-2)16-20)23-12-9-10-13-25(23)39(36,37)33-29-18(4)19(5)32-38-29/h9-10,12-16,33H,6-8,11,17H2,1-5H3,(H2,30,35). The lowest BCUT2D eigenvalue weighted by Gasteiger charge is -2.16. The number of rotatable bonds is 11. The van der Waals surface area contributed by atoms with E-state index in [1.165, 1.54) is 0 Å². The van der Waals surface area contributed by atoms with Crippen molar-refractivity contribution >= 4 is 21.8 Å². The van der Waals surface area contributed by atoms with Crippen molar-refractivity contribution in [3.8, 4) is 11.1 Å². The summed E-state index contributed by atoms with van der Waals surface area (Å²) in [6.45, 7) is 10.0. The van der Waals surface area contributed by atoms with Gasteiger partial charge in [-0.2, -0.15) is 0 Å². The summed E-state index contributed by atoms with van der Waals surface area (Å²) < 4.78 is 36.6. The summed E-state index contributed by atoms with van der Waals surface area (Å²) in [5.41, 5.74) is 11.5. The number of sulfonamides is 1. The van der Waals surface area contributed by atoms with Crippen LogP contribution in [-0.4, -0.2) is 29.0 Å². The lowest BCUT2D eigenvalue weighted by Crippen LogP contribution is -2.20. The summed E-state index contributed by atoms with van der Waals surface area (Å²) >= 11 is 0. The zero-order valence-electron chi connectivity index (χ0n) is 23.0. The van der Waals surface area contributed by atoms with Gasteiger partial charge in [-0.05, 0) is 55.9 Å². The van der Waals surface area contributed by atoms with Gasteiger partial charge in [0, 0.05) is 24.1 Å². The van der Waals surface area contributed by atoms with E-state index in [-0.39, 0.29) is 10.8 Å². The van der Waals surface area contributed by atoms with Crippen molar-refractivity contribution in [1.29, 1.82) is 0 Å². The smallest absolute Gasteiger partial charge is 0.267 e. The second-order valence-corrected chi connectivity index (χ2v) is 11.2. The normalized spacial score (nSPS) is 11.6. The molecule has 0 fully saturated rings. The van der Waals surface area contributed by atoms with Crippen molar-refractivity contribution in [2.45, 2.75) is 71.7 Å². The molecule has 2 heterocycles. The second-order valence-electron chi connectivity index (χ2n) is 9.55. The Hall–Kier alpha value is -3.92. The van der Waals surface area contributed by atoms with Crippen molar-refractivity contribution in [3.63, 3.8) is 0 Å². The number of aromatic nitrogens is 3. The van der Waals surface area contributed by atoms with Gasteiger partial charge in [0.25, 0.3) is 15.9 Å². The largest absolute Gasteiger partial charge is 0.364 e. The first-order valence-corrected chi connectivity index (χ1v) is 14.6. The molecular formula is C29H35N5O4S. The van der Waals surface area contributed by atoms with Crippen LogP contribution in [0.5, 0.6) is 0 Å². The van der Waals surface area contributed by atoms with Crippen LogP contribution >= 0.6 is 0 Å². The molecule has 4 rings (SSSR count). The summed E-state index contributed by atoms with van der Waals surface area (Å²) in [5, 5.41) is 3.85. The van der Waals surface area contributed by atoms with Gasteiger partial charge in [0.1, 0.15) is 11.5 Å². The number of carbonyl (C=O) groups is 1. The summed E-state index contributed by atoms with van der Waals surface area (Å²) in [6, 6.07) is 12.9. The van der Waals surface area contributed by atoms with Crippen LogP contribution in [0.15, 0.2) is 51.9 Å². The summed E-state index contributed by atoms with van der Waals surface area (Å²) in [5.74, 6) is 0.455. The first kappa shape index (κ1) is 28.1. The molecule has 0 aliphatic rings. The number of nitrogens with one attached hydrogen (secondary N) is 1. The third-order valence-electron chi connectivity index (χ3n) is 6.90. The van der Waals surface area contributed by atoms with E-state index in [1.54, 1.807) is 32.0 Å². The molecule has 0 atom stereocenters. The third kappa shape index (κ3) is 5.61. The molecular weight excluding hydrogens is 514 g/mol. The number of anilines is 1. The number of nitrogens with two attached hydrogens (primary N) is 1. The molecule has 9 nitrogen and oxygen atoms in total. The Morgan fingerprint density at radius 3 is 2.41 bits per heavy atom. The summed E-state index contributed by atoms with van der Waals surface area (Å²) in [7, 11) is -3.96. The van der Waals surface area contributed by atoms with Gasteiger partial charge in [0.2, 0.25) is 5.88 Å². The maximum atomic E-state index is 13.4. The van der Waals surface area contributed by atoms with Crippen molar-refractivity contribution in [1.82, 2.24) is 14.7 Å². The third-order valence-corrected chi connectivity index (χ3v) is 8.29. The molecule has 0 aliphatic carbocycles. The highest BCUT2D eigenvalue weighted by Gasteiger charge is 2.24. The van der Waals surface area contributed by atoms with E-state index >= 15 is 0 Å². The molecule has 39 heavy (non-hydrogen) atoms. The van der Waals surface area contributed by atoms with Crippen LogP contribution in [0.2, 0.25) is 0 Å². The Labute approximate surface area is 229 Å². The molecule has 4 aromatic rings. The van der Waals surface area contributed by atoms with E-state index in [4.69, 9.17) is 15.2 Å². The number of benzene rings is 2. The predicted molar refractivity (Wildman–Crippen MR) is 151 cm³/mol. The molecule has 0 saturated carbocycles. The van der Waals surface area contributed by atoms with Gasteiger partial charge in [0.15, 0.2) is 0 Å². The number of amides is 1. The van der Waals surface area contributed by atoms with Crippen LogP contribution in [0.25, 0.3) is 11.1 Å². The first-order valence-electron chi connectivity index (χ1n) is 13.2. The van der Waals surface area contributed by atoms with E-state index in [0.29, 0.717) is 47.6 Å². The average molecular weight is 550 g/mol. The maximum Gasteiger partial charge on any atom is 0.267 e. The SMILES string of the molecule is CCCc1nc(CC)c(C(N)=O)n1Cc1ccc(-c2ccccc2S(=O)(=O)Nc2onc(C)c2C)c(CC)c1. The minimum Gasteiger partial charge on any atom is -0.364 e. The molecule has 0 aliphatic heterocycles. The van der Waals surface area contributed by atoms with Gasteiger partial charge in [-0.3, -0.25) is 4.79 Å².